The van der Waals surface area contributed by atoms with Crippen molar-refractivity contribution in [2.45, 2.75) is 13.5 Å². The molecule has 10 heteroatoms. The molecule has 0 saturated carbocycles. The molecule has 140 valence electrons. The van der Waals surface area contributed by atoms with Gasteiger partial charge in [0.25, 0.3) is 0 Å². The zero-order valence-corrected chi connectivity index (χ0v) is 15.8. The summed E-state index contributed by atoms with van der Waals surface area (Å²) in [5.74, 6) is 0.546. The van der Waals surface area contributed by atoms with Crippen LogP contribution in [-0.2, 0) is 11.3 Å². The van der Waals surface area contributed by atoms with Gasteiger partial charge in [0, 0.05) is 18.2 Å². The second kappa shape index (κ2) is 8.41. The number of aromatic nitrogens is 4. The molecule has 0 radical (unpaired) electrons. The maximum atomic E-state index is 11.4. The minimum Gasteiger partial charge on any atom is -0.481 e. The molecule has 0 aliphatic rings. The van der Waals surface area contributed by atoms with Crippen molar-refractivity contribution in [1.29, 1.82) is 0 Å². The van der Waals surface area contributed by atoms with Gasteiger partial charge in [-0.3, -0.25) is 0 Å². The molecule has 0 spiro atoms. The second-order valence-corrected chi connectivity index (χ2v) is 6.20. The number of aryl methyl sites for hydroxylation is 1. The molecule has 3 aromatic heterocycles. The lowest BCUT2D eigenvalue weighted by atomic mass is 10.2. The number of esters is 1. The number of pyridine rings is 1. The molecule has 27 heavy (non-hydrogen) atoms. The van der Waals surface area contributed by atoms with Gasteiger partial charge in [-0.05, 0) is 24.5 Å². The van der Waals surface area contributed by atoms with Crippen LogP contribution in [0, 0.1) is 6.92 Å². The minimum absolute atomic E-state index is 0.150. The number of hydrogen-bond donors (Lipinski definition) is 2. The lowest BCUT2D eigenvalue weighted by Crippen LogP contribution is -2.06. The molecule has 0 aliphatic heterocycles. The van der Waals surface area contributed by atoms with E-state index < -0.39 is 5.97 Å². The van der Waals surface area contributed by atoms with E-state index in [1.54, 1.807) is 19.4 Å². The van der Waals surface area contributed by atoms with Crippen molar-refractivity contribution in [3.63, 3.8) is 0 Å². The summed E-state index contributed by atoms with van der Waals surface area (Å²) < 4.78 is 14.1. The number of hydrogen-bond acceptors (Lipinski definition) is 10. The van der Waals surface area contributed by atoms with Gasteiger partial charge in [0.1, 0.15) is 10.8 Å². The summed E-state index contributed by atoms with van der Waals surface area (Å²) in [6.45, 7) is 2.50. The standard InChI is InChI=1S/C17H18N6O3S/c1-10-12(7-18-11-4-5-15(25-2)21-6-11)16(27-23-10)22-14-9-19-13(8-20-14)17(24)26-3/h4-6,8-9,18H,7H2,1-3H3,(H,20,22). The van der Waals surface area contributed by atoms with E-state index in [1.807, 2.05) is 13.0 Å². The third-order valence-electron chi connectivity index (χ3n) is 3.69. The molecule has 0 amide bonds. The zero-order valence-electron chi connectivity index (χ0n) is 15.0. The third-order valence-corrected chi connectivity index (χ3v) is 4.58. The molecule has 0 saturated heterocycles. The van der Waals surface area contributed by atoms with Crippen LogP contribution >= 0.6 is 11.5 Å². The number of methoxy groups -OCH3 is 2. The van der Waals surface area contributed by atoms with E-state index in [0.29, 0.717) is 18.2 Å². The Bertz CT molecular complexity index is 911. The Morgan fingerprint density at radius 3 is 2.63 bits per heavy atom. The maximum Gasteiger partial charge on any atom is 0.358 e. The van der Waals surface area contributed by atoms with Crippen molar-refractivity contribution in [2.24, 2.45) is 0 Å². The van der Waals surface area contributed by atoms with Gasteiger partial charge < -0.3 is 20.1 Å². The fourth-order valence-corrected chi connectivity index (χ4v) is 3.03. The van der Waals surface area contributed by atoms with E-state index in [9.17, 15) is 4.79 Å². The summed E-state index contributed by atoms with van der Waals surface area (Å²) in [6, 6.07) is 3.68. The fourth-order valence-electron chi connectivity index (χ4n) is 2.21. The first-order chi connectivity index (χ1) is 13.1. The topological polar surface area (TPSA) is 111 Å². The molecule has 3 rings (SSSR count). The Balaban J connectivity index is 1.69. The molecular weight excluding hydrogens is 368 g/mol. The third kappa shape index (κ3) is 4.47. The van der Waals surface area contributed by atoms with Gasteiger partial charge in [0.15, 0.2) is 5.69 Å². The second-order valence-electron chi connectivity index (χ2n) is 5.42. The Kier molecular flexibility index (Phi) is 5.77. The molecule has 2 N–H and O–H groups in total. The van der Waals surface area contributed by atoms with Crippen LogP contribution in [0.25, 0.3) is 0 Å². The van der Waals surface area contributed by atoms with Gasteiger partial charge >= 0.3 is 5.97 Å². The quantitative estimate of drug-likeness (QED) is 0.592. The average molecular weight is 386 g/mol. The smallest absolute Gasteiger partial charge is 0.358 e. The van der Waals surface area contributed by atoms with E-state index in [0.717, 1.165) is 21.9 Å². The predicted octanol–water partition coefficient (Wildman–Crippen LogP) is 2.79. The van der Waals surface area contributed by atoms with Crippen LogP contribution in [0.1, 0.15) is 21.7 Å². The first kappa shape index (κ1) is 18.5. The normalized spacial score (nSPS) is 10.3. The molecule has 0 aliphatic carbocycles. The molecule has 3 aromatic rings. The molecule has 0 aromatic carbocycles. The number of nitrogens with zero attached hydrogens (tertiary/aromatic N) is 4. The average Bonchev–Trinajstić information content (AvgIpc) is 3.06. The lowest BCUT2D eigenvalue weighted by Gasteiger charge is -2.09. The highest BCUT2D eigenvalue weighted by atomic mass is 32.1. The highest BCUT2D eigenvalue weighted by molar-refractivity contribution is 7.10. The van der Waals surface area contributed by atoms with Crippen LogP contribution < -0.4 is 15.4 Å². The summed E-state index contributed by atoms with van der Waals surface area (Å²) in [4.78, 5) is 23.8. The Labute approximate surface area is 160 Å². The number of carbonyl (C=O) groups is 1. The van der Waals surface area contributed by atoms with Crippen molar-refractivity contribution in [1.82, 2.24) is 19.3 Å². The van der Waals surface area contributed by atoms with Crippen LogP contribution in [-0.4, -0.2) is 39.5 Å². The maximum absolute atomic E-state index is 11.4. The molecule has 9 nitrogen and oxygen atoms in total. The van der Waals surface area contributed by atoms with Crippen LogP contribution in [0.15, 0.2) is 30.7 Å². The molecule has 0 bridgehead atoms. The van der Waals surface area contributed by atoms with Gasteiger partial charge in [-0.15, -0.1) is 0 Å². The first-order valence-electron chi connectivity index (χ1n) is 7.97. The molecule has 3 heterocycles. The summed E-state index contributed by atoms with van der Waals surface area (Å²) in [5.41, 5.74) is 2.94. The van der Waals surface area contributed by atoms with Crippen molar-refractivity contribution in [3.05, 3.63) is 47.7 Å². The number of nitrogens with one attached hydrogen (secondary N) is 2. The fraction of sp³-hybridized carbons (Fsp3) is 0.235. The molecular formula is C17H18N6O3S. The highest BCUT2D eigenvalue weighted by Gasteiger charge is 2.13. The van der Waals surface area contributed by atoms with E-state index in [2.05, 4.69) is 34.7 Å². The van der Waals surface area contributed by atoms with Crippen LogP contribution in [0.4, 0.5) is 16.5 Å². The van der Waals surface area contributed by atoms with Crippen LogP contribution in [0.2, 0.25) is 0 Å². The summed E-state index contributed by atoms with van der Waals surface area (Å²) >= 11 is 1.33. The first-order valence-corrected chi connectivity index (χ1v) is 8.74. The number of rotatable bonds is 7. The van der Waals surface area contributed by atoms with Crippen molar-refractivity contribution in [3.8, 4) is 5.88 Å². The monoisotopic (exact) mass is 386 g/mol. The molecule has 0 fully saturated rings. The van der Waals surface area contributed by atoms with E-state index in [-0.39, 0.29) is 5.69 Å². The number of ether oxygens (including phenoxy) is 2. The van der Waals surface area contributed by atoms with Crippen LogP contribution in [0.3, 0.4) is 0 Å². The van der Waals surface area contributed by atoms with Crippen molar-refractivity contribution in [2.75, 3.05) is 24.9 Å². The van der Waals surface area contributed by atoms with Gasteiger partial charge in [0.05, 0.1) is 44.2 Å². The summed E-state index contributed by atoms with van der Waals surface area (Å²) in [6.07, 6.45) is 4.55. The van der Waals surface area contributed by atoms with Crippen molar-refractivity contribution >= 4 is 34.0 Å². The summed E-state index contributed by atoms with van der Waals surface area (Å²) in [7, 11) is 2.88. The highest BCUT2D eigenvalue weighted by Crippen LogP contribution is 2.28. The minimum atomic E-state index is -0.527. The van der Waals surface area contributed by atoms with Gasteiger partial charge in [-0.25, -0.2) is 19.7 Å². The van der Waals surface area contributed by atoms with E-state index in [4.69, 9.17) is 4.74 Å². The Morgan fingerprint density at radius 1 is 1.15 bits per heavy atom. The number of anilines is 3. The number of carbonyl (C=O) groups excluding carboxylic acids is 1. The van der Waals surface area contributed by atoms with Gasteiger partial charge in [-0.2, -0.15) is 4.37 Å². The molecule has 0 unspecified atom stereocenters. The lowest BCUT2D eigenvalue weighted by molar-refractivity contribution is 0.0593. The Hall–Kier alpha value is -3.27. The SMILES string of the molecule is COC(=O)c1cnc(Nc2snc(C)c2CNc2ccc(OC)nc2)cn1. The van der Waals surface area contributed by atoms with Crippen LogP contribution in [0.5, 0.6) is 5.88 Å². The summed E-state index contributed by atoms with van der Waals surface area (Å²) in [5, 5.41) is 7.34. The van der Waals surface area contributed by atoms with Crippen molar-refractivity contribution < 1.29 is 14.3 Å². The largest absolute Gasteiger partial charge is 0.481 e. The predicted molar refractivity (Wildman–Crippen MR) is 102 cm³/mol. The molecule has 0 atom stereocenters. The van der Waals surface area contributed by atoms with Gasteiger partial charge in [-0.1, -0.05) is 0 Å². The van der Waals surface area contributed by atoms with E-state index in [1.165, 1.54) is 31.0 Å². The van der Waals surface area contributed by atoms with Gasteiger partial charge in [0.2, 0.25) is 5.88 Å². The zero-order chi connectivity index (χ0) is 19.2. The Morgan fingerprint density at radius 2 is 2.00 bits per heavy atom. The van der Waals surface area contributed by atoms with E-state index >= 15 is 0 Å².